The van der Waals surface area contributed by atoms with Crippen LogP contribution in [0, 0.1) is 0 Å². The molecule has 1 aromatic heterocycles. The summed E-state index contributed by atoms with van der Waals surface area (Å²) in [6.45, 7) is 2.44. The van der Waals surface area contributed by atoms with Crippen molar-refractivity contribution in [1.82, 2.24) is 14.6 Å². The van der Waals surface area contributed by atoms with E-state index in [1.54, 1.807) is 12.3 Å². The maximum atomic E-state index is 12.4. The normalized spacial score (nSPS) is 18.2. The van der Waals surface area contributed by atoms with Crippen LogP contribution in [0.4, 0.5) is 0 Å². The highest BCUT2D eigenvalue weighted by atomic mass is 32.2. The second kappa shape index (κ2) is 5.34. The molecule has 0 atom stereocenters. The fraction of sp³-hybridized carbons (Fsp3) is 0.500. The fourth-order valence-electron chi connectivity index (χ4n) is 1.75. The van der Waals surface area contributed by atoms with Crippen LogP contribution >= 0.6 is 11.8 Å². The number of nitrogens with one attached hydrogen (secondary N) is 1. The third kappa shape index (κ3) is 2.62. The topological polar surface area (TPSA) is 62.3 Å². The molecule has 0 saturated carbocycles. The number of aromatic nitrogens is 1. The van der Waals surface area contributed by atoms with Crippen LogP contribution in [0.2, 0.25) is 0 Å². The van der Waals surface area contributed by atoms with E-state index in [4.69, 9.17) is 0 Å². The second-order valence-corrected chi connectivity index (χ2v) is 6.44. The SMILES string of the molecule is CSc1ccncc1S(=O)(=O)N1CCNCC1. The highest BCUT2D eigenvalue weighted by Gasteiger charge is 2.27. The summed E-state index contributed by atoms with van der Waals surface area (Å²) < 4.78 is 26.3. The van der Waals surface area contributed by atoms with Gasteiger partial charge in [0.1, 0.15) is 4.90 Å². The van der Waals surface area contributed by atoms with Crippen molar-refractivity contribution in [3.05, 3.63) is 18.5 Å². The Morgan fingerprint density at radius 1 is 1.41 bits per heavy atom. The highest BCUT2D eigenvalue weighted by Crippen LogP contribution is 2.26. The van der Waals surface area contributed by atoms with Crippen molar-refractivity contribution in [3.8, 4) is 0 Å². The van der Waals surface area contributed by atoms with Gasteiger partial charge in [-0.3, -0.25) is 4.98 Å². The Bertz CT molecular complexity index is 484. The number of piperazine rings is 1. The van der Waals surface area contributed by atoms with Crippen molar-refractivity contribution >= 4 is 21.8 Å². The molecule has 0 bridgehead atoms. The van der Waals surface area contributed by atoms with Crippen LogP contribution < -0.4 is 5.32 Å². The first-order valence-corrected chi connectivity index (χ1v) is 8.01. The molecule has 2 heterocycles. The van der Waals surface area contributed by atoms with Crippen molar-refractivity contribution in [3.63, 3.8) is 0 Å². The predicted octanol–water partition coefficient (Wildman–Crippen LogP) is 0.397. The van der Waals surface area contributed by atoms with Gasteiger partial charge in [0.05, 0.1) is 0 Å². The Labute approximate surface area is 106 Å². The molecule has 2 rings (SSSR count). The lowest BCUT2D eigenvalue weighted by Crippen LogP contribution is -2.46. The summed E-state index contributed by atoms with van der Waals surface area (Å²) in [5.74, 6) is 0. The zero-order valence-electron chi connectivity index (χ0n) is 9.59. The summed E-state index contributed by atoms with van der Waals surface area (Å²) in [6.07, 6.45) is 4.91. The Balaban J connectivity index is 2.36. The van der Waals surface area contributed by atoms with E-state index in [0.717, 1.165) is 4.90 Å². The molecule has 1 aliphatic rings. The van der Waals surface area contributed by atoms with Crippen LogP contribution in [-0.4, -0.2) is 50.1 Å². The summed E-state index contributed by atoms with van der Waals surface area (Å²) >= 11 is 1.42. The Morgan fingerprint density at radius 2 is 2.12 bits per heavy atom. The van der Waals surface area contributed by atoms with E-state index >= 15 is 0 Å². The maximum absolute atomic E-state index is 12.4. The summed E-state index contributed by atoms with van der Waals surface area (Å²) in [5, 5.41) is 3.14. The summed E-state index contributed by atoms with van der Waals surface area (Å²) in [4.78, 5) is 4.98. The number of pyridine rings is 1. The maximum Gasteiger partial charge on any atom is 0.245 e. The van der Waals surface area contributed by atoms with Gasteiger partial charge in [0.25, 0.3) is 0 Å². The third-order valence-electron chi connectivity index (χ3n) is 2.66. The van der Waals surface area contributed by atoms with Crippen molar-refractivity contribution in [2.75, 3.05) is 32.4 Å². The van der Waals surface area contributed by atoms with E-state index in [2.05, 4.69) is 10.3 Å². The molecule has 7 heteroatoms. The molecule has 1 saturated heterocycles. The van der Waals surface area contributed by atoms with E-state index in [0.29, 0.717) is 31.1 Å². The van der Waals surface area contributed by atoms with Gasteiger partial charge >= 0.3 is 0 Å². The number of hydrogen-bond acceptors (Lipinski definition) is 5. The van der Waals surface area contributed by atoms with Gasteiger partial charge in [-0.2, -0.15) is 4.31 Å². The molecule has 0 aromatic carbocycles. The van der Waals surface area contributed by atoms with Gasteiger partial charge < -0.3 is 5.32 Å². The second-order valence-electron chi connectivity index (χ2n) is 3.68. The average molecular weight is 273 g/mol. The van der Waals surface area contributed by atoms with Gasteiger partial charge in [0.15, 0.2) is 0 Å². The minimum Gasteiger partial charge on any atom is -0.314 e. The Morgan fingerprint density at radius 3 is 2.76 bits per heavy atom. The molecule has 0 spiro atoms. The molecule has 0 aliphatic carbocycles. The van der Waals surface area contributed by atoms with Crippen molar-refractivity contribution in [2.24, 2.45) is 0 Å². The van der Waals surface area contributed by atoms with Gasteiger partial charge in [-0.1, -0.05) is 0 Å². The average Bonchev–Trinajstić information content (AvgIpc) is 2.39. The lowest BCUT2D eigenvalue weighted by molar-refractivity contribution is 0.359. The van der Waals surface area contributed by atoms with Crippen LogP contribution in [0.25, 0.3) is 0 Å². The Kier molecular flexibility index (Phi) is 4.03. The molecule has 1 aliphatic heterocycles. The third-order valence-corrected chi connectivity index (χ3v) is 5.51. The predicted molar refractivity (Wildman–Crippen MR) is 67.6 cm³/mol. The molecule has 1 aromatic rings. The van der Waals surface area contributed by atoms with Gasteiger partial charge in [-0.05, 0) is 12.3 Å². The zero-order chi connectivity index (χ0) is 12.3. The number of thioether (sulfide) groups is 1. The Hall–Kier alpha value is -0.630. The van der Waals surface area contributed by atoms with E-state index in [9.17, 15) is 8.42 Å². The van der Waals surface area contributed by atoms with Gasteiger partial charge in [0, 0.05) is 43.5 Å². The number of sulfonamides is 1. The fourth-order valence-corrected chi connectivity index (χ4v) is 4.23. The first-order chi connectivity index (χ1) is 8.16. The van der Waals surface area contributed by atoms with E-state index < -0.39 is 10.0 Å². The van der Waals surface area contributed by atoms with Crippen molar-refractivity contribution < 1.29 is 8.42 Å². The van der Waals surface area contributed by atoms with Crippen LogP contribution in [-0.2, 0) is 10.0 Å². The first-order valence-electron chi connectivity index (χ1n) is 5.35. The van der Waals surface area contributed by atoms with Crippen LogP contribution in [0.15, 0.2) is 28.3 Å². The van der Waals surface area contributed by atoms with Crippen molar-refractivity contribution in [2.45, 2.75) is 9.79 Å². The summed E-state index contributed by atoms with van der Waals surface area (Å²) in [7, 11) is -3.39. The number of nitrogens with zero attached hydrogens (tertiary/aromatic N) is 2. The molecule has 0 radical (unpaired) electrons. The molecule has 5 nitrogen and oxygen atoms in total. The monoisotopic (exact) mass is 273 g/mol. The van der Waals surface area contributed by atoms with Crippen LogP contribution in [0.3, 0.4) is 0 Å². The summed E-state index contributed by atoms with van der Waals surface area (Å²) in [5.41, 5.74) is 0. The molecular weight excluding hydrogens is 258 g/mol. The zero-order valence-corrected chi connectivity index (χ0v) is 11.2. The largest absolute Gasteiger partial charge is 0.314 e. The van der Waals surface area contributed by atoms with Crippen molar-refractivity contribution in [1.29, 1.82) is 0 Å². The molecule has 0 unspecified atom stereocenters. The molecule has 1 N–H and O–H groups in total. The van der Waals surface area contributed by atoms with E-state index in [-0.39, 0.29) is 0 Å². The molecular formula is C10H15N3O2S2. The molecule has 17 heavy (non-hydrogen) atoms. The van der Waals surface area contributed by atoms with Gasteiger partial charge in [-0.15, -0.1) is 11.8 Å². The first kappa shape index (κ1) is 12.8. The minimum absolute atomic E-state index is 0.314. The standard InChI is InChI=1S/C10H15N3O2S2/c1-16-9-2-3-12-8-10(9)17(14,15)13-6-4-11-5-7-13/h2-3,8,11H,4-7H2,1H3. The van der Waals surface area contributed by atoms with Crippen LogP contribution in [0.1, 0.15) is 0 Å². The molecule has 1 fully saturated rings. The van der Waals surface area contributed by atoms with E-state index in [1.807, 2.05) is 6.26 Å². The molecule has 94 valence electrons. The minimum atomic E-state index is -3.39. The summed E-state index contributed by atoms with van der Waals surface area (Å²) in [6, 6.07) is 1.74. The van der Waals surface area contributed by atoms with E-state index in [1.165, 1.54) is 22.3 Å². The van der Waals surface area contributed by atoms with Gasteiger partial charge in [-0.25, -0.2) is 8.42 Å². The lowest BCUT2D eigenvalue weighted by Gasteiger charge is -2.27. The number of rotatable bonds is 3. The van der Waals surface area contributed by atoms with Crippen LogP contribution in [0.5, 0.6) is 0 Å². The lowest BCUT2D eigenvalue weighted by atomic mass is 10.4. The smallest absolute Gasteiger partial charge is 0.245 e. The molecule has 0 amide bonds. The highest BCUT2D eigenvalue weighted by molar-refractivity contribution is 7.99. The number of hydrogen-bond donors (Lipinski definition) is 1. The van der Waals surface area contributed by atoms with Gasteiger partial charge in [0.2, 0.25) is 10.0 Å². The quantitative estimate of drug-likeness (QED) is 0.808.